The van der Waals surface area contributed by atoms with E-state index in [1.54, 1.807) is 12.1 Å². The molecule has 2 rings (SSSR count). The molecular formula is C14H21NO3S. The van der Waals surface area contributed by atoms with Crippen molar-refractivity contribution in [1.29, 1.82) is 0 Å². The third-order valence-electron chi connectivity index (χ3n) is 3.68. The fourth-order valence-electron chi connectivity index (χ4n) is 2.59. The molecule has 0 saturated carbocycles. The lowest BCUT2D eigenvalue weighted by Crippen LogP contribution is -2.37. The highest BCUT2D eigenvalue weighted by Crippen LogP contribution is 2.25. The minimum Gasteiger partial charge on any atom is -0.394 e. The predicted octanol–water partition coefficient (Wildman–Crippen LogP) is 1.83. The largest absolute Gasteiger partial charge is 0.394 e. The summed E-state index contributed by atoms with van der Waals surface area (Å²) in [4.78, 5) is 2.53. The van der Waals surface area contributed by atoms with Gasteiger partial charge in [-0.05, 0) is 37.1 Å². The van der Waals surface area contributed by atoms with Crippen LogP contribution in [0.4, 0.5) is 5.69 Å². The van der Waals surface area contributed by atoms with Gasteiger partial charge < -0.3 is 10.0 Å². The van der Waals surface area contributed by atoms with Crippen LogP contribution >= 0.6 is 0 Å². The zero-order chi connectivity index (χ0) is 13.9. The Labute approximate surface area is 115 Å². The van der Waals surface area contributed by atoms with Crippen molar-refractivity contribution in [2.45, 2.75) is 36.6 Å². The van der Waals surface area contributed by atoms with Gasteiger partial charge in [0.1, 0.15) is 0 Å². The average Bonchev–Trinajstić information content (AvgIpc) is 2.62. The molecule has 0 radical (unpaired) electrons. The maximum atomic E-state index is 11.4. The van der Waals surface area contributed by atoms with Crippen LogP contribution in [-0.2, 0) is 9.84 Å². The minimum absolute atomic E-state index is 0.145. The molecule has 1 aromatic rings. The Morgan fingerprint density at radius 2 is 1.89 bits per heavy atom. The normalized spacial score (nSPS) is 21.2. The molecule has 0 bridgehead atoms. The Morgan fingerprint density at radius 3 is 2.47 bits per heavy atom. The molecule has 1 saturated heterocycles. The number of hydrogen-bond donors (Lipinski definition) is 1. The van der Waals surface area contributed by atoms with E-state index < -0.39 is 9.84 Å². The molecule has 1 aromatic carbocycles. The second-order valence-corrected chi connectivity index (χ2v) is 7.16. The lowest BCUT2D eigenvalue weighted by atomic mass is 10.1. The smallest absolute Gasteiger partial charge is 0.175 e. The molecule has 19 heavy (non-hydrogen) atoms. The van der Waals surface area contributed by atoms with Gasteiger partial charge in [-0.3, -0.25) is 0 Å². The van der Waals surface area contributed by atoms with Crippen LogP contribution in [0, 0.1) is 0 Å². The van der Waals surface area contributed by atoms with E-state index in [1.165, 1.54) is 12.7 Å². The summed E-state index contributed by atoms with van der Waals surface area (Å²) < 4.78 is 22.9. The summed E-state index contributed by atoms with van der Waals surface area (Å²) in [7, 11) is -3.14. The van der Waals surface area contributed by atoms with Crippen molar-refractivity contribution in [3.8, 4) is 0 Å². The summed E-state index contributed by atoms with van der Waals surface area (Å²) in [6.07, 6.45) is 5.65. The molecule has 106 valence electrons. The molecule has 1 aliphatic rings. The molecule has 1 heterocycles. The average molecular weight is 283 g/mol. The number of sulfone groups is 1. The summed E-state index contributed by atoms with van der Waals surface area (Å²) in [6, 6.07) is 7.11. The molecule has 5 heteroatoms. The SMILES string of the molecule is CS(=O)(=O)c1ccc(N2CCCCCC2CO)cc1. The summed E-state index contributed by atoms with van der Waals surface area (Å²) in [5, 5.41) is 9.49. The summed E-state index contributed by atoms with van der Waals surface area (Å²) in [6.45, 7) is 1.07. The topological polar surface area (TPSA) is 57.6 Å². The van der Waals surface area contributed by atoms with E-state index in [0.717, 1.165) is 31.5 Å². The van der Waals surface area contributed by atoms with Gasteiger partial charge in [-0.2, -0.15) is 0 Å². The maximum absolute atomic E-state index is 11.4. The highest BCUT2D eigenvalue weighted by Gasteiger charge is 2.20. The first-order valence-electron chi connectivity index (χ1n) is 6.70. The van der Waals surface area contributed by atoms with Gasteiger partial charge in [0, 0.05) is 18.5 Å². The van der Waals surface area contributed by atoms with Gasteiger partial charge >= 0.3 is 0 Å². The summed E-state index contributed by atoms with van der Waals surface area (Å²) in [5.74, 6) is 0. The molecule has 0 amide bonds. The van der Waals surface area contributed by atoms with Gasteiger partial charge in [0.15, 0.2) is 9.84 Å². The van der Waals surface area contributed by atoms with Crippen LogP contribution < -0.4 is 4.90 Å². The highest BCUT2D eigenvalue weighted by molar-refractivity contribution is 7.90. The maximum Gasteiger partial charge on any atom is 0.175 e. The molecule has 1 fully saturated rings. The summed E-state index contributed by atoms with van der Waals surface area (Å²) >= 11 is 0. The van der Waals surface area contributed by atoms with Gasteiger partial charge in [0.05, 0.1) is 17.5 Å². The fourth-order valence-corrected chi connectivity index (χ4v) is 3.22. The number of rotatable bonds is 3. The van der Waals surface area contributed by atoms with Gasteiger partial charge in [-0.1, -0.05) is 12.8 Å². The van der Waals surface area contributed by atoms with E-state index in [9.17, 15) is 13.5 Å². The standard InChI is InChI=1S/C14H21NO3S/c1-19(17,18)14-8-6-12(7-9-14)15-10-4-2-3-5-13(15)11-16/h6-9,13,16H,2-5,10-11H2,1H3. The van der Waals surface area contributed by atoms with E-state index in [0.29, 0.717) is 4.90 Å². The van der Waals surface area contributed by atoms with Crippen molar-refractivity contribution < 1.29 is 13.5 Å². The molecule has 0 aromatic heterocycles. The minimum atomic E-state index is -3.14. The number of nitrogens with zero attached hydrogens (tertiary/aromatic N) is 1. The van der Waals surface area contributed by atoms with Crippen molar-refractivity contribution in [2.24, 2.45) is 0 Å². The van der Waals surface area contributed by atoms with E-state index in [4.69, 9.17) is 0 Å². The molecule has 1 unspecified atom stereocenters. The number of aliphatic hydroxyl groups is 1. The van der Waals surface area contributed by atoms with Gasteiger partial charge in [0.25, 0.3) is 0 Å². The first kappa shape index (κ1) is 14.3. The monoisotopic (exact) mass is 283 g/mol. The first-order valence-corrected chi connectivity index (χ1v) is 8.59. The molecule has 1 atom stereocenters. The third kappa shape index (κ3) is 3.48. The van der Waals surface area contributed by atoms with Crippen LogP contribution in [0.15, 0.2) is 29.2 Å². The quantitative estimate of drug-likeness (QED) is 0.919. The van der Waals surface area contributed by atoms with Gasteiger partial charge in [-0.25, -0.2) is 8.42 Å². The van der Waals surface area contributed by atoms with Gasteiger partial charge in [-0.15, -0.1) is 0 Å². The van der Waals surface area contributed by atoms with E-state index >= 15 is 0 Å². The summed E-state index contributed by atoms with van der Waals surface area (Å²) in [5.41, 5.74) is 0.994. The fraction of sp³-hybridized carbons (Fsp3) is 0.571. The number of aliphatic hydroxyl groups excluding tert-OH is 1. The number of benzene rings is 1. The van der Waals surface area contributed by atoms with Crippen LogP contribution in [0.1, 0.15) is 25.7 Å². The van der Waals surface area contributed by atoms with Crippen molar-refractivity contribution in [3.05, 3.63) is 24.3 Å². The van der Waals surface area contributed by atoms with Crippen molar-refractivity contribution >= 4 is 15.5 Å². The zero-order valence-corrected chi connectivity index (χ0v) is 12.1. The Morgan fingerprint density at radius 1 is 1.21 bits per heavy atom. The molecule has 4 nitrogen and oxygen atoms in total. The van der Waals surface area contributed by atoms with Crippen molar-refractivity contribution in [2.75, 3.05) is 24.3 Å². The van der Waals surface area contributed by atoms with Crippen LogP contribution in [0.3, 0.4) is 0 Å². The second kappa shape index (κ2) is 5.92. The molecular weight excluding hydrogens is 262 g/mol. The Kier molecular flexibility index (Phi) is 4.47. The number of hydrogen-bond acceptors (Lipinski definition) is 4. The van der Waals surface area contributed by atoms with Crippen LogP contribution in [0.2, 0.25) is 0 Å². The zero-order valence-electron chi connectivity index (χ0n) is 11.2. The van der Waals surface area contributed by atoms with Crippen molar-refractivity contribution in [3.63, 3.8) is 0 Å². The predicted molar refractivity (Wildman–Crippen MR) is 76.2 cm³/mol. The molecule has 0 aliphatic carbocycles. The third-order valence-corrected chi connectivity index (χ3v) is 4.81. The van der Waals surface area contributed by atoms with Crippen LogP contribution in [0.5, 0.6) is 0 Å². The second-order valence-electron chi connectivity index (χ2n) is 5.15. The Balaban J connectivity index is 2.24. The Bertz CT molecular complexity index is 510. The lowest BCUT2D eigenvalue weighted by molar-refractivity contribution is 0.255. The lowest BCUT2D eigenvalue weighted by Gasteiger charge is -2.30. The Hall–Kier alpha value is -1.07. The van der Waals surface area contributed by atoms with E-state index in [1.807, 2.05) is 12.1 Å². The van der Waals surface area contributed by atoms with Crippen LogP contribution in [-0.4, -0.2) is 39.0 Å². The van der Waals surface area contributed by atoms with E-state index in [-0.39, 0.29) is 12.6 Å². The molecule has 0 spiro atoms. The first-order chi connectivity index (χ1) is 9.02. The van der Waals surface area contributed by atoms with Crippen LogP contribution in [0.25, 0.3) is 0 Å². The highest BCUT2D eigenvalue weighted by atomic mass is 32.2. The number of anilines is 1. The molecule has 1 aliphatic heterocycles. The van der Waals surface area contributed by atoms with Crippen molar-refractivity contribution in [1.82, 2.24) is 0 Å². The van der Waals surface area contributed by atoms with Gasteiger partial charge in [0.2, 0.25) is 0 Å². The molecule has 1 N–H and O–H groups in total. The van der Waals surface area contributed by atoms with E-state index in [2.05, 4.69) is 4.90 Å².